The van der Waals surface area contributed by atoms with Crippen molar-refractivity contribution < 1.29 is 5.11 Å². The maximum Gasteiger partial charge on any atom is 0.0672 e. The molecule has 0 bridgehead atoms. The quantitative estimate of drug-likeness (QED) is 0.844. The SMILES string of the molecule is CCC(C)(C)C1CCC(C#N)C(N(C)CC2CC(O)C2)C1. The van der Waals surface area contributed by atoms with Crippen LogP contribution in [0.25, 0.3) is 0 Å². The molecule has 0 aromatic heterocycles. The summed E-state index contributed by atoms with van der Waals surface area (Å²) in [6.45, 7) is 8.08. The summed E-state index contributed by atoms with van der Waals surface area (Å²) in [5.41, 5.74) is 0.381. The van der Waals surface area contributed by atoms with Gasteiger partial charge in [0.1, 0.15) is 0 Å². The molecule has 2 saturated carbocycles. The standard InChI is InChI=1S/C18H32N2O/c1-5-18(2,3)15-7-6-14(11-19)17(10-15)20(4)12-13-8-16(21)9-13/h13-17,21H,5-10,12H2,1-4H3. The highest BCUT2D eigenvalue weighted by Crippen LogP contribution is 2.43. The van der Waals surface area contributed by atoms with Crippen LogP contribution in [0.2, 0.25) is 0 Å². The fourth-order valence-electron chi connectivity index (χ4n) is 4.18. The summed E-state index contributed by atoms with van der Waals surface area (Å²) in [5, 5.41) is 18.9. The Hall–Kier alpha value is -0.590. The van der Waals surface area contributed by atoms with Crippen LogP contribution in [-0.2, 0) is 0 Å². The van der Waals surface area contributed by atoms with Gasteiger partial charge in [0.15, 0.2) is 0 Å². The molecule has 0 aromatic rings. The molecule has 0 heterocycles. The Morgan fingerprint density at radius 1 is 1.24 bits per heavy atom. The molecular formula is C18H32N2O. The normalized spacial score (nSPS) is 37.1. The van der Waals surface area contributed by atoms with Gasteiger partial charge in [-0.15, -0.1) is 0 Å². The second-order valence-corrected chi connectivity index (χ2v) is 8.09. The highest BCUT2D eigenvalue weighted by molar-refractivity contribution is 5.00. The largest absolute Gasteiger partial charge is 0.393 e. The molecular weight excluding hydrogens is 260 g/mol. The first-order valence-corrected chi connectivity index (χ1v) is 8.65. The molecule has 0 aliphatic heterocycles. The number of hydrogen-bond donors (Lipinski definition) is 1. The Labute approximate surface area is 130 Å². The van der Waals surface area contributed by atoms with Gasteiger partial charge in [-0.1, -0.05) is 27.2 Å². The Bertz CT molecular complexity index is 381. The molecule has 3 atom stereocenters. The van der Waals surface area contributed by atoms with Crippen molar-refractivity contribution in [1.82, 2.24) is 4.90 Å². The van der Waals surface area contributed by atoms with E-state index in [-0.39, 0.29) is 12.0 Å². The van der Waals surface area contributed by atoms with Crippen molar-refractivity contribution in [2.45, 2.75) is 71.4 Å². The van der Waals surface area contributed by atoms with E-state index in [0.29, 0.717) is 17.4 Å². The van der Waals surface area contributed by atoms with Crippen molar-refractivity contribution >= 4 is 0 Å². The molecule has 0 amide bonds. The lowest BCUT2D eigenvalue weighted by molar-refractivity contribution is 0.00422. The van der Waals surface area contributed by atoms with Crippen LogP contribution >= 0.6 is 0 Å². The molecule has 3 unspecified atom stereocenters. The van der Waals surface area contributed by atoms with E-state index in [1.807, 2.05) is 0 Å². The molecule has 3 heteroatoms. The number of hydrogen-bond acceptors (Lipinski definition) is 3. The maximum absolute atomic E-state index is 9.49. The van der Waals surface area contributed by atoms with Gasteiger partial charge in [-0.3, -0.25) is 0 Å². The monoisotopic (exact) mass is 292 g/mol. The Kier molecular flexibility index (Phi) is 5.33. The van der Waals surface area contributed by atoms with Gasteiger partial charge in [-0.2, -0.15) is 5.26 Å². The Morgan fingerprint density at radius 2 is 1.90 bits per heavy atom. The number of nitrogens with zero attached hydrogens (tertiary/aromatic N) is 2. The number of aliphatic hydroxyl groups is 1. The summed E-state index contributed by atoms with van der Waals surface area (Å²) in [6.07, 6.45) is 6.42. The van der Waals surface area contributed by atoms with Gasteiger partial charge in [0.2, 0.25) is 0 Å². The zero-order valence-corrected chi connectivity index (χ0v) is 14.2. The third-order valence-corrected chi connectivity index (χ3v) is 6.32. The molecule has 120 valence electrons. The predicted octanol–water partition coefficient (Wildman–Crippen LogP) is 3.43. The van der Waals surface area contributed by atoms with Crippen LogP contribution in [-0.4, -0.2) is 35.7 Å². The number of nitriles is 1. The molecule has 0 radical (unpaired) electrons. The smallest absolute Gasteiger partial charge is 0.0672 e. The summed E-state index contributed by atoms with van der Waals surface area (Å²) in [7, 11) is 2.18. The summed E-state index contributed by atoms with van der Waals surface area (Å²) >= 11 is 0. The molecule has 3 nitrogen and oxygen atoms in total. The fourth-order valence-corrected chi connectivity index (χ4v) is 4.18. The first-order valence-electron chi connectivity index (χ1n) is 8.65. The summed E-state index contributed by atoms with van der Waals surface area (Å²) < 4.78 is 0. The average Bonchev–Trinajstić information content (AvgIpc) is 2.44. The van der Waals surface area contributed by atoms with E-state index in [1.54, 1.807) is 0 Å². The zero-order chi connectivity index (χ0) is 15.6. The Morgan fingerprint density at radius 3 is 2.43 bits per heavy atom. The van der Waals surface area contributed by atoms with Gasteiger partial charge in [0, 0.05) is 12.6 Å². The minimum absolute atomic E-state index is 0.0757. The molecule has 0 aromatic carbocycles. The number of aliphatic hydroxyl groups excluding tert-OH is 1. The molecule has 0 spiro atoms. The molecule has 2 aliphatic carbocycles. The van der Waals surface area contributed by atoms with E-state index in [2.05, 4.69) is 38.8 Å². The zero-order valence-electron chi connectivity index (χ0n) is 14.2. The molecule has 2 aliphatic rings. The highest BCUT2D eigenvalue weighted by Gasteiger charge is 2.40. The first-order chi connectivity index (χ1) is 9.87. The van der Waals surface area contributed by atoms with Gasteiger partial charge in [0.25, 0.3) is 0 Å². The average molecular weight is 292 g/mol. The first kappa shape index (κ1) is 16.8. The van der Waals surface area contributed by atoms with Crippen molar-refractivity contribution in [3.8, 4) is 6.07 Å². The lowest BCUT2D eigenvalue weighted by Gasteiger charge is -2.46. The van der Waals surface area contributed by atoms with E-state index < -0.39 is 0 Å². The van der Waals surface area contributed by atoms with Gasteiger partial charge < -0.3 is 10.0 Å². The van der Waals surface area contributed by atoms with Crippen LogP contribution in [0.5, 0.6) is 0 Å². The van der Waals surface area contributed by atoms with Crippen LogP contribution in [0.15, 0.2) is 0 Å². The maximum atomic E-state index is 9.49. The van der Waals surface area contributed by atoms with Crippen LogP contribution in [0.4, 0.5) is 0 Å². The molecule has 2 rings (SSSR count). The van der Waals surface area contributed by atoms with E-state index in [4.69, 9.17) is 0 Å². The molecule has 2 fully saturated rings. The summed E-state index contributed by atoms with van der Waals surface area (Å²) in [5.74, 6) is 1.54. The lowest BCUT2D eigenvalue weighted by atomic mass is 9.66. The molecule has 0 saturated heterocycles. The van der Waals surface area contributed by atoms with E-state index in [9.17, 15) is 10.4 Å². The molecule has 21 heavy (non-hydrogen) atoms. The van der Waals surface area contributed by atoms with Gasteiger partial charge >= 0.3 is 0 Å². The second kappa shape index (κ2) is 6.67. The van der Waals surface area contributed by atoms with E-state index in [1.165, 1.54) is 12.8 Å². The van der Waals surface area contributed by atoms with Crippen molar-refractivity contribution in [1.29, 1.82) is 5.26 Å². The van der Waals surface area contributed by atoms with E-state index >= 15 is 0 Å². The van der Waals surface area contributed by atoms with Crippen molar-refractivity contribution in [2.75, 3.05) is 13.6 Å². The Balaban J connectivity index is 1.98. The predicted molar refractivity (Wildman–Crippen MR) is 85.7 cm³/mol. The van der Waals surface area contributed by atoms with E-state index in [0.717, 1.165) is 38.1 Å². The summed E-state index contributed by atoms with van der Waals surface area (Å²) in [4.78, 5) is 2.42. The fraction of sp³-hybridized carbons (Fsp3) is 0.944. The van der Waals surface area contributed by atoms with Crippen molar-refractivity contribution in [3.05, 3.63) is 0 Å². The van der Waals surface area contributed by atoms with Crippen LogP contribution in [0.1, 0.15) is 59.3 Å². The summed E-state index contributed by atoms with van der Waals surface area (Å²) in [6, 6.07) is 2.95. The van der Waals surface area contributed by atoms with Crippen molar-refractivity contribution in [3.63, 3.8) is 0 Å². The number of rotatable bonds is 5. The third kappa shape index (κ3) is 3.79. The van der Waals surface area contributed by atoms with Crippen molar-refractivity contribution in [2.24, 2.45) is 23.2 Å². The van der Waals surface area contributed by atoms with Crippen LogP contribution in [0.3, 0.4) is 0 Å². The van der Waals surface area contributed by atoms with Crippen LogP contribution in [0, 0.1) is 34.5 Å². The minimum atomic E-state index is -0.0757. The third-order valence-electron chi connectivity index (χ3n) is 6.32. The minimum Gasteiger partial charge on any atom is -0.393 e. The van der Waals surface area contributed by atoms with Crippen LogP contribution < -0.4 is 0 Å². The second-order valence-electron chi connectivity index (χ2n) is 8.09. The topological polar surface area (TPSA) is 47.3 Å². The van der Waals surface area contributed by atoms with Gasteiger partial charge in [0.05, 0.1) is 18.1 Å². The lowest BCUT2D eigenvalue weighted by Crippen LogP contribution is -2.48. The van der Waals surface area contributed by atoms with Gasteiger partial charge in [-0.05, 0) is 56.4 Å². The van der Waals surface area contributed by atoms with Gasteiger partial charge in [-0.25, -0.2) is 0 Å². The molecule has 1 N–H and O–H groups in total. The highest BCUT2D eigenvalue weighted by atomic mass is 16.3.